The van der Waals surface area contributed by atoms with E-state index in [9.17, 15) is 0 Å². The molecule has 3 aromatic heterocycles. The first-order valence-electron chi connectivity index (χ1n) is 9.70. The van der Waals surface area contributed by atoms with Crippen LogP contribution in [0.3, 0.4) is 0 Å². The fourth-order valence-corrected chi connectivity index (χ4v) is 4.86. The van der Waals surface area contributed by atoms with Crippen LogP contribution in [0.4, 0.5) is 0 Å². The third-order valence-electron chi connectivity index (χ3n) is 5.09. The number of hydrogen-bond acceptors (Lipinski definition) is 5. The van der Waals surface area contributed by atoms with E-state index >= 15 is 0 Å². The molecule has 0 unspecified atom stereocenters. The van der Waals surface area contributed by atoms with Crippen LogP contribution >= 0.6 is 27.3 Å². The first-order chi connectivity index (χ1) is 15.3. The number of fused-ring (bicyclic) bond motifs is 2. The molecular formula is C24H14BrN5S. The quantitative estimate of drug-likeness (QED) is 0.288. The Hall–Kier alpha value is -3.42. The molecule has 0 fully saturated rings. The maximum Gasteiger partial charge on any atom is 0.235 e. The standard InChI is InChI=1S/C24H14BrN5S/c25-17-11-12-20-18(13-17)19(14-21(26-20)15-7-3-1-4-8-15)23-29-30-22(27-28-24(30)31-23)16-9-5-2-6-10-16/h1-14H. The molecule has 0 radical (unpaired) electrons. The molecule has 6 rings (SSSR count). The van der Waals surface area contributed by atoms with Crippen molar-refractivity contribution in [3.63, 3.8) is 0 Å². The van der Waals surface area contributed by atoms with Gasteiger partial charge in [0.05, 0.1) is 11.2 Å². The largest absolute Gasteiger partial charge is 0.248 e. The zero-order chi connectivity index (χ0) is 20.8. The molecule has 0 bridgehead atoms. The van der Waals surface area contributed by atoms with Gasteiger partial charge in [0.1, 0.15) is 5.01 Å². The highest BCUT2D eigenvalue weighted by Crippen LogP contribution is 2.36. The third kappa shape index (κ3) is 3.22. The van der Waals surface area contributed by atoms with Crippen molar-refractivity contribution in [2.75, 3.05) is 0 Å². The summed E-state index contributed by atoms with van der Waals surface area (Å²) in [6.45, 7) is 0. The van der Waals surface area contributed by atoms with Crippen molar-refractivity contribution in [2.24, 2.45) is 0 Å². The van der Waals surface area contributed by atoms with Gasteiger partial charge in [-0.25, -0.2) is 4.98 Å². The van der Waals surface area contributed by atoms with Crippen molar-refractivity contribution < 1.29 is 0 Å². The monoisotopic (exact) mass is 483 g/mol. The number of rotatable bonds is 3. The minimum atomic E-state index is 0.737. The first-order valence-corrected chi connectivity index (χ1v) is 11.3. The van der Waals surface area contributed by atoms with Gasteiger partial charge in [-0.15, -0.1) is 10.2 Å². The Morgan fingerprint density at radius 3 is 2.29 bits per heavy atom. The van der Waals surface area contributed by atoms with E-state index < -0.39 is 0 Å². The molecule has 5 nitrogen and oxygen atoms in total. The number of nitrogens with zero attached hydrogens (tertiary/aromatic N) is 5. The second kappa shape index (κ2) is 7.37. The summed E-state index contributed by atoms with van der Waals surface area (Å²) in [6.07, 6.45) is 0. The Balaban J connectivity index is 1.59. The number of benzene rings is 3. The molecule has 31 heavy (non-hydrogen) atoms. The summed E-state index contributed by atoms with van der Waals surface area (Å²) in [4.78, 5) is 5.66. The van der Waals surface area contributed by atoms with Gasteiger partial charge in [0.2, 0.25) is 4.96 Å². The zero-order valence-electron chi connectivity index (χ0n) is 16.1. The van der Waals surface area contributed by atoms with Gasteiger partial charge >= 0.3 is 0 Å². The summed E-state index contributed by atoms with van der Waals surface area (Å²) in [6, 6.07) is 28.4. The van der Waals surface area contributed by atoms with Gasteiger partial charge in [-0.3, -0.25) is 0 Å². The van der Waals surface area contributed by atoms with Gasteiger partial charge in [0.15, 0.2) is 5.82 Å². The molecule has 7 heteroatoms. The normalized spacial score (nSPS) is 11.4. The van der Waals surface area contributed by atoms with Crippen molar-refractivity contribution >= 4 is 43.1 Å². The Morgan fingerprint density at radius 1 is 0.774 bits per heavy atom. The molecule has 148 valence electrons. The highest BCUT2D eigenvalue weighted by Gasteiger charge is 2.17. The molecule has 3 heterocycles. The molecule has 0 amide bonds. The fourth-order valence-electron chi connectivity index (χ4n) is 3.62. The molecule has 0 N–H and O–H groups in total. The lowest BCUT2D eigenvalue weighted by atomic mass is 10.0. The fraction of sp³-hybridized carbons (Fsp3) is 0. The minimum Gasteiger partial charge on any atom is -0.248 e. The Kier molecular flexibility index (Phi) is 4.36. The molecule has 0 saturated heterocycles. The molecule has 6 aromatic rings. The van der Waals surface area contributed by atoms with Crippen LogP contribution in [0.25, 0.3) is 49.1 Å². The van der Waals surface area contributed by atoms with Crippen molar-refractivity contribution in [1.82, 2.24) is 24.8 Å². The summed E-state index contributed by atoms with van der Waals surface area (Å²) >= 11 is 5.13. The molecule has 0 saturated carbocycles. The van der Waals surface area contributed by atoms with Crippen molar-refractivity contribution in [3.05, 3.63) is 89.4 Å². The molecule has 3 aromatic carbocycles. The lowest BCUT2D eigenvalue weighted by molar-refractivity contribution is 0.971. The number of halogens is 1. The molecule has 0 aliphatic heterocycles. The van der Waals surface area contributed by atoms with Gasteiger partial charge in [0.25, 0.3) is 0 Å². The topological polar surface area (TPSA) is 56.0 Å². The Bertz CT molecular complexity index is 1540. The van der Waals surface area contributed by atoms with Crippen molar-refractivity contribution in [2.45, 2.75) is 0 Å². The van der Waals surface area contributed by atoms with Crippen molar-refractivity contribution in [3.8, 4) is 33.2 Å². The minimum absolute atomic E-state index is 0.737. The highest BCUT2D eigenvalue weighted by molar-refractivity contribution is 9.10. The molecule has 0 aliphatic rings. The van der Waals surface area contributed by atoms with Gasteiger partial charge in [-0.2, -0.15) is 9.61 Å². The average Bonchev–Trinajstić information content (AvgIpc) is 3.40. The number of hydrogen-bond donors (Lipinski definition) is 0. The van der Waals surface area contributed by atoms with Crippen molar-refractivity contribution in [1.29, 1.82) is 0 Å². The van der Waals surface area contributed by atoms with Crippen LogP contribution in [0, 0.1) is 0 Å². The third-order valence-corrected chi connectivity index (χ3v) is 6.52. The predicted molar refractivity (Wildman–Crippen MR) is 128 cm³/mol. The smallest absolute Gasteiger partial charge is 0.235 e. The van der Waals surface area contributed by atoms with E-state index in [1.54, 1.807) is 0 Å². The van der Waals surface area contributed by atoms with E-state index in [2.05, 4.69) is 50.4 Å². The maximum absolute atomic E-state index is 4.90. The summed E-state index contributed by atoms with van der Waals surface area (Å²) < 4.78 is 2.82. The van der Waals surface area contributed by atoms with Gasteiger partial charge < -0.3 is 0 Å². The SMILES string of the molecule is Brc1ccc2nc(-c3ccccc3)cc(-c3nn4c(-c5ccccc5)nnc4s3)c2c1. The van der Waals surface area contributed by atoms with Crippen LogP contribution in [0.1, 0.15) is 0 Å². The van der Waals surface area contributed by atoms with Crippen LogP contribution in [-0.2, 0) is 0 Å². The van der Waals surface area contributed by atoms with Crippen LogP contribution in [0.15, 0.2) is 89.4 Å². The second-order valence-electron chi connectivity index (χ2n) is 7.07. The van der Waals surface area contributed by atoms with Crippen LogP contribution in [-0.4, -0.2) is 24.8 Å². The highest BCUT2D eigenvalue weighted by atomic mass is 79.9. The molecule has 0 atom stereocenters. The summed E-state index contributed by atoms with van der Waals surface area (Å²) in [5, 5.41) is 15.5. The predicted octanol–water partition coefficient (Wildman–Crippen LogP) is 6.50. The molecular weight excluding hydrogens is 470 g/mol. The van der Waals surface area contributed by atoms with E-state index in [1.807, 2.05) is 65.2 Å². The van der Waals surface area contributed by atoms with Crippen LogP contribution in [0.2, 0.25) is 0 Å². The van der Waals surface area contributed by atoms with Gasteiger partial charge in [-0.05, 0) is 24.3 Å². The first kappa shape index (κ1) is 18.4. The van der Waals surface area contributed by atoms with Gasteiger partial charge in [0, 0.05) is 26.5 Å². The molecule has 0 aliphatic carbocycles. The van der Waals surface area contributed by atoms with Crippen LogP contribution < -0.4 is 0 Å². The Morgan fingerprint density at radius 2 is 1.52 bits per heavy atom. The maximum atomic E-state index is 4.90. The number of pyridine rings is 1. The second-order valence-corrected chi connectivity index (χ2v) is 8.95. The molecule has 0 spiro atoms. The summed E-state index contributed by atoms with van der Waals surface area (Å²) in [5.41, 5.74) is 4.92. The van der Waals surface area contributed by atoms with E-state index in [0.29, 0.717) is 0 Å². The number of aromatic nitrogens is 5. The van der Waals surface area contributed by atoms with E-state index in [-0.39, 0.29) is 0 Å². The average molecular weight is 484 g/mol. The van der Waals surface area contributed by atoms with E-state index in [1.165, 1.54) is 11.3 Å². The summed E-state index contributed by atoms with van der Waals surface area (Å²) in [5.74, 6) is 0.737. The van der Waals surface area contributed by atoms with E-state index in [0.717, 1.165) is 53.6 Å². The lowest BCUT2D eigenvalue weighted by Gasteiger charge is -2.08. The zero-order valence-corrected chi connectivity index (χ0v) is 18.5. The summed E-state index contributed by atoms with van der Waals surface area (Å²) in [7, 11) is 0. The van der Waals surface area contributed by atoms with Crippen LogP contribution in [0.5, 0.6) is 0 Å². The van der Waals surface area contributed by atoms with Gasteiger partial charge in [-0.1, -0.05) is 87.9 Å². The lowest BCUT2D eigenvalue weighted by Crippen LogP contribution is -1.93. The Labute approximate surface area is 190 Å². The van der Waals surface area contributed by atoms with E-state index in [4.69, 9.17) is 10.1 Å².